The monoisotopic (exact) mass is 263 g/mol. The molecule has 3 nitrogen and oxygen atoms in total. The van der Waals surface area contributed by atoms with Crippen LogP contribution in [-0.4, -0.2) is 39.7 Å². The summed E-state index contributed by atoms with van der Waals surface area (Å²) >= 11 is 0. The molecule has 1 rings (SSSR count). The zero-order valence-corrected chi connectivity index (χ0v) is 10.8. The molecule has 0 amide bonds. The van der Waals surface area contributed by atoms with Crippen molar-refractivity contribution in [2.45, 2.75) is 4.90 Å². The van der Waals surface area contributed by atoms with Crippen LogP contribution >= 0.6 is 10.8 Å². The third-order valence-corrected chi connectivity index (χ3v) is 5.40. The maximum atomic E-state index is 12.6. The van der Waals surface area contributed by atoms with Crippen LogP contribution in [0.4, 0.5) is 4.39 Å². The maximum Gasteiger partial charge on any atom is 0.230 e. The summed E-state index contributed by atoms with van der Waals surface area (Å²) in [7, 11) is 1.28. The van der Waals surface area contributed by atoms with Crippen molar-refractivity contribution < 1.29 is 12.8 Å². The smallest absolute Gasteiger partial charge is 0.230 e. The number of nitrogens with zero attached hydrogens (tertiary/aromatic N) is 1. The number of rotatable bonds is 5. The van der Waals surface area contributed by atoms with Gasteiger partial charge >= 0.3 is 0 Å². The number of hydrogen-bond acceptors (Lipinski definition) is 4. The average molecular weight is 263 g/mol. The summed E-state index contributed by atoms with van der Waals surface area (Å²) in [6.07, 6.45) is 0. The first-order valence-electron chi connectivity index (χ1n) is 4.71. The molecule has 0 aromatic heterocycles. The van der Waals surface area contributed by atoms with Crippen LogP contribution in [0.25, 0.3) is 0 Å². The first kappa shape index (κ1) is 13.5. The molecule has 0 radical (unpaired) electrons. The van der Waals surface area contributed by atoms with Gasteiger partial charge < -0.3 is 4.90 Å². The third-order valence-electron chi connectivity index (χ3n) is 1.88. The van der Waals surface area contributed by atoms with Crippen molar-refractivity contribution in [3.8, 4) is 0 Å². The second-order valence-electron chi connectivity index (χ2n) is 3.53. The van der Waals surface area contributed by atoms with E-state index in [4.69, 9.17) is 0 Å². The van der Waals surface area contributed by atoms with Crippen molar-refractivity contribution in [3.05, 3.63) is 30.1 Å². The lowest BCUT2D eigenvalue weighted by atomic mass is 10.4. The van der Waals surface area contributed by atoms with Crippen molar-refractivity contribution in [2.24, 2.45) is 0 Å². The molecular formula is C10H14FNO2S2. The molecule has 0 bridgehead atoms. The largest absolute Gasteiger partial charge is 0.309 e. The molecule has 0 fully saturated rings. The summed E-state index contributed by atoms with van der Waals surface area (Å²) in [6, 6.07) is 4.87. The Kier molecular flexibility index (Phi) is 4.76. The van der Waals surface area contributed by atoms with E-state index in [2.05, 4.69) is 0 Å². The highest BCUT2D eigenvalue weighted by Gasteiger charge is 2.14. The maximum absolute atomic E-state index is 12.6. The lowest BCUT2D eigenvalue weighted by Crippen LogP contribution is -2.15. The second-order valence-corrected chi connectivity index (χ2v) is 7.58. The standard InChI is InChI=1S/C10H14FNO2S2/c1-12(2)7-8-15-16(13,14)10-5-3-9(11)4-6-10/h3-6H,7-8H2,1-2H3. The van der Waals surface area contributed by atoms with Crippen LogP contribution in [0.3, 0.4) is 0 Å². The predicted molar refractivity (Wildman–Crippen MR) is 64.6 cm³/mol. The van der Waals surface area contributed by atoms with E-state index in [0.29, 0.717) is 12.3 Å². The fourth-order valence-corrected chi connectivity index (χ4v) is 3.89. The Hall–Kier alpha value is -0.590. The van der Waals surface area contributed by atoms with Crippen LogP contribution in [-0.2, 0) is 8.87 Å². The minimum absolute atomic E-state index is 0.151. The zero-order chi connectivity index (χ0) is 12.2. The third kappa shape index (κ3) is 4.11. The highest BCUT2D eigenvalue weighted by atomic mass is 33.1. The summed E-state index contributed by atoms with van der Waals surface area (Å²) in [6.45, 7) is 0.686. The Labute approximate surface area is 99.0 Å². The summed E-state index contributed by atoms with van der Waals surface area (Å²) in [5.74, 6) is 0.0597. The van der Waals surface area contributed by atoms with Crippen LogP contribution in [0.5, 0.6) is 0 Å². The van der Waals surface area contributed by atoms with E-state index in [9.17, 15) is 12.8 Å². The van der Waals surface area contributed by atoms with Gasteiger partial charge in [-0.25, -0.2) is 12.8 Å². The Morgan fingerprint density at radius 3 is 2.31 bits per heavy atom. The summed E-state index contributed by atoms with van der Waals surface area (Å²) < 4.78 is 36.1. The Morgan fingerprint density at radius 2 is 1.81 bits per heavy atom. The molecule has 0 unspecified atom stereocenters. The summed E-state index contributed by atoms with van der Waals surface area (Å²) in [5.41, 5.74) is 0. The van der Waals surface area contributed by atoms with Gasteiger partial charge in [-0.2, -0.15) is 0 Å². The van der Waals surface area contributed by atoms with E-state index in [-0.39, 0.29) is 4.90 Å². The predicted octanol–water partition coefficient (Wildman–Crippen LogP) is 1.81. The van der Waals surface area contributed by atoms with Gasteiger partial charge in [0.1, 0.15) is 5.82 Å². The second kappa shape index (κ2) is 5.65. The molecule has 0 aliphatic carbocycles. The quantitative estimate of drug-likeness (QED) is 0.759. The highest BCUT2D eigenvalue weighted by molar-refractivity contribution is 8.72. The van der Waals surface area contributed by atoms with Gasteiger partial charge in [0.2, 0.25) is 8.87 Å². The van der Waals surface area contributed by atoms with Gasteiger partial charge in [-0.1, -0.05) is 0 Å². The molecule has 0 saturated carbocycles. The van der Waals surface area contributed by atoms with Gasteiger partial charge in [-0.15, -0.1) is 0 Å². The zero-order valence-electron chi connectivity index (χ0n) is 9.18. The van der Waals surface area contributed by atoms with Gasteiger partial charge in [0.15, 0.2) is 0 Å². The van der Waals surface area contributed by atoms with Gasteiger partial charge in [-0.3, -0.25) is 0 Å². The molecule has 90 valence electrons. The van der Waals surface area contributed by atoms with Gasteiger partial charge in [0.05, 0.1) is 4.90 Å². The summed E-state index contributed by atoms with van der Waals surface area (Å²) in [4.78, 5) is 2.06. The fourth-order valence-electron chi connectivity index (χ4n) is 0.999. The first-order chi connectivity index (χ1) is 7.42. The lowest BCUT2D eigenvalue weighted by Gasteiger charge is -2.08. The van der Waals surface area contributed by atoms with Crippen LogP contribution in [0.1, 0.15) is 0 Å². The van der Waals surface area contributed by atoms with E-state index < -0.39 is 14.7 Å². The molecule has 0 atom stereocenters. The molecule has 1 aromatic carbocycles. The van der Waals surface area contributed by atoms with E-state index in [1.54, 1.807) is 0 Å². The number of benzene rings is 1. The molecule has 0 saturated heterocycles. The lowest BCUT2D eigenvalue weighted by molar-refractivity contribution is 0.437. The van der Waals surface area contributed by atoms with Crippen molar-refractivity contribution in [1.82, 2.24) is 4.90 Å². The van der Waals surface area contributed by atoms with Crippen molar-refractivity contribution >= 4 is 19.7 Å². The van der Waals surface area contributed by atoms with Crippen molar-refractivity contribution in [2.75, 3.05) is 26.4 Å². The van der Waals surface area contributed by atoms with E-state index in [0.717, 1.165) is 22.9 Å². The average Bonchev–Trinajstić information content (AvgIpc) is 2.17. The van der Waals surface area contributed by atoms with Gasteiger partial charge in [-0.05, 0) is 49.2 Å². The Morgan fingerprint density at radius 1 is 1.25 bits per heavy atom. The Balaban J connectivity index is 2.67. The normalized spacial score (nSPS) is 12.0. The minimum atomic E-state index is -3.35. The SMILES string of the molecule is CN(C)CCSS(=O)(=O)c1ccc(F)cc1. The van der Waals surface area contributed by atoms with Crippen LogP contribution in [0, 0.1) is 5.82 Å². The molecular weight excluding hydrogens is 249 g/mol. The van der Waals surface area contributed by atoms with Crippen molar-refractivity contribution in [1.29, 1.82) is 0 Å². The molecule has 6 heteroatoms. The van der Waals surface area contributed by atoms with Gasteiger partial charge in [0, 0.05) is 12.3 Å². The molecule has 0 N–H and O–H groups in total. The van der Waals surface area contributed by atoms with Gasteiger partial charge in [0.25, 0.3) is 0 Å². The Bertz CT molecular complexity index is 429. The number of halogens is 1. The molecule has 0 aliphatic rings. The molecule has 16 heavy (non-hydrogen) atoms. The molecule has 0 aliphatic heterocycles. The fraction of sp³-hybridized carbons (Fsp3) is 0.400. The first-order valence-corrected chi connectivity index (χ1v) is 7.70. The van der Waals surface area contributed by atoms with Crippen LogP contribution in [0.2, 0.25) is 0 Å². The molecule has 1 aromatic rings. The molecule has 0 spiro atoms. The van der Waals surface area contributed by atoms with E-state index in [1.807, 2.05) is 19.0 Å². The highest BCUT2D eigenvalue weighted by Crippen LogP contribution is 2.23. The topological polar surface area (TPSA) is 37.4 Å². The van der Waals surface area contributed by atoms with Crippen molar-refractivity contribution in [3.63, 3.8) is 0 Å². The number of hydrogen-bond donors (Lipinski definition) is 0. The summed E-state index contributed by atoms with van der Waals surface area (Å²) in [5, 5.41) is 0. The van der Waals surface area contributed by atoms with Crippen LogP contribution in [0.15, 0.2) is 29.2 Å². The van der Waals surface area contributed by atoms with Crippen LogP contribution < -0.4 is 0 Å². The minimum Gasteiger partial charge on any atom is -0.309 e. The van der Waals surface area contributed by atoms with E-state index in [1.165, 1.54) is 12.1 Å². The van der Waals surface area contributed by atoms with E-state index >= 15 is 0 Å². The molecule has 0 heterocycles.